The molecule has 1 heterocycles. The number of anilines is 2. The smallest absolute Gasteiger partial charge is 0.343 e. The maximum Gasteiger partial charge on any atom is 0.343 e. The van der Waals surface area contributed by atoms with Gasteiger partial charge < -0.3 is 19.5 Å². The highest BCUT2D eigenvalue weighted by Crippen LogP contribution is 2.29. The largest absolute Gasteiger partial charge is 0.490 e. The average molecular weight is 545 g/mol. The van der Waals surface area contributed by atoms with E-state index in [4.69, 9.17) is 9.47 Å². The fourth-order valence-corrected chi connectivity index (χ4v) is 4.17. The number of hydrogen-bond acceptors (Lipinski definition) is 9. The first-order chi connectivity index (χ1) is 18.9. The summed E-state index contributed by atoms with van der Waals surface area (Å²) in [6.07, 6.45) is 1.50. The lowest BCUT2D eigenvalue weighted by Gasteiger charge is -2.11. The molecule has 0 radical (unpaired) electrons. The van der Waals surface area contributed by atoms with Gasteiger partial charge in [-0.05, 0) is 61.9 Å². The van der Waals surface area contributed by atoms with Crippen molar-refractivity contribution in [1.29, 1.82) is 0 Å². The normalized spacial score (nSPS) is 10.7. The third kappa shape index (κ3) is 7.65. The first kappa shape index (κ1) is 27.3. The van der Waals surface area contributed by atoms with Gasteiger partial charge in [0.25, 0.3) is 5.91 Å². The summed E-state index contributed by atoms with van der Waals surface area (Å²) >= 11 is 1.51. The van der Waals surface area contributed by atoms with Gasteiger partial charge in [-0.25, -0.2) is 15.2 Å². The van der Waals surface area contributed by atoms with Gasteiger partial charge in [0.1, 0.15) is 0 Å². The summed E-state index contributed by atoms with van der Waals surface area (Å²) in [5.41, 5.74) is 7.57. The molecule has 1 amide bonds. The molecule has 10 heteroatoms. The molecule has 0 aliphatic carbocycles. The van der Waals surface area contributed by atoms with Crippen molar-refractivity contribution >= 4 is 40.2 Å². The number of esters is 1. The van der Waals surface area contributed by atoms with Crippen molar-refractivity contribution in [2.75, 3.05) is 25.6 Å². The van der Waals surface area contributed by atoms with Gasteiger partial charge in [0.05, 0.1) is 25.6 Å². The monoisotopic (exact) mass is 544 g/mol. The number of nitrogens with one attached hydrogen (secondary N) is 2. The van der Waals surface area contributed by atoms with Crippen molar-refractivity contribution in [1.82, 2.24) is 10.4 Å². The third-order valence-electron chi connectivity index (χ3n) is 5.47. The highest BCUT2D eigenvalue weighted by Gasteiger charge is 2.10. The van der Waals surface area contributed by atoms with E-state index in [2.05, 4.69) is 25.6 Å². The van der Waals surface area contributed by atoms with E-state index in [-0.39, 0.29) is 12.5 Å². The second-order valence-corrected chi connectivity index (χ2v) is 9.17. The summed E-state index contributed by atoms with van der Waals surface area (Å²) < 4.78 is 15.6. The number of ether oxygens (including phenoxy) is 3. The Morgan fingerprint density at radius 3 is 2.49 bits per heavy atom. The number of carbonyl (C=O) groups excluding carboxylic acids is 2. The summed E-state index contributed by atoms with van der Waals surface area (Å²) in [4.78, 5) is 28.6. The van der Waals surface area contributed by atoms with E-state index in [1.54, 1.807) is 30.3 Å². The molecule has 200 valence electrons. The van der Waals surface area contributed by atoms with Crippen molar-refractivity contribution < 1.29 is 23.8 Å². The third-order valence-corrected chi connectivity index (χ3v) is 6.23. The SMILES string of the molecule is CCOc1cc(/C=N\NC(=O)c2ccc(-c3csc(Nc4ccc(C)cc4)n3)cc2)ccc1OCC(=O)OC. The number of nitrogens with zero attached hydrogens (tertiary/aromatic N) is 2. The van der Waals surface area contributed by atoms with Gasteiger partial charge in [-0.2, -0.15) is 5.10 Å². The zero-order chi connectivity index (χ0) is 27.6. The minimum absolute atomic E-state index is 0.229. The lowest BCUT2D eigenvalue weighted by Crippen LogP contribution is -2.17. The Kier molecular flexibility index (Phi) is 9.25. The molecule has 0 saturated carbocycles. The maximum atomic E-state index is 12.6. The summed E-state index contributed by atoms with van der Waals surface area (Å²) in [7, 11) is 1.29. The maximum absolute atomic E-state index is 12.6. The molecule has 0 aliphatic heterocycles. The molecule has 0 bridgehead atoms. The number of thiazole rings is 1. The molecule has 0 aliphatic rings. The quantitative estimate of drug-likeness (QED) is 0.144. The second-order valence-electron chi connectivity index (χ2n) is 8.31. The van der Waals surface area contributed by atoms with E-state index in [0.717, 1.165) is 22.1 Å². The number of rotatable bonds is 11. The Morgan fingerprint density at radius 1 is 1.00 bits per heavy atom. The van der Waals surface area contributed by atoms with E-state index in [0.29, 0.717) is 29.2 Å². The van der Waals surface area contributed by atoms with Gasteiger partial charge in [0, 0.05) is 22.2 Å². The van der Waals surface area contributed by atoms with Crippen molar-refractivity contribution in [3.8, 4) is 22.8 Å². The van der Waals surface area contributed by atoms with E-state index in [1.807, 2.05) is 55.6 Å². The molecular formula is C29H28N4O5S. The molecule has 2 N–H and O–H groups in total. The number of carbonyl (C=O) groups is 2. The van der Waals surface area contributed by atoms with Crippen LogP contribution in [0.15, 0.2) is 77.2 Å². The standard InChI is InChI=1S/C29H28N4O5S/c1-4-37-26-15-20(7-14-25(26)38-17-27(34)36-3)16-30-33-28(35)22-10-8-21(9-11-22)24-18-39-29(32-24)31-23-12-5-19(2)6-13-23/h5-16,18H,4,17H2,1-3H3,(H,31,32)(H,33,35)/b30-16-. The van der Waals surface area contributed by atoms with E-state index < -0.39 is 5.97 Å². The lowest BCUT2D eigenvalue weighted by molar-refractivity contribution is -0.142. The number of benzene rings is 3. The zero-order valence-electron chi connectivity index (χ0n) is 21.8. The predicted octanol–water partition coefficient (Wildman–Crippen LogP) is 5.58. The summed E-state index contributed by atoms with van der Waals surface area (Å²) in [5.74, 6) is 0.0133. The van der Waals surface area contributed by atoms with Crippen LogP contribution in [0.2, 0.25) is 0 Å². The van der Waals surface area contributed by atoms with Crippen LogP contribution in [0.4, 0.5) is 10.8 Å². The average Bonchev–Trinajstić information content (AvgIpc) is 3.42. The molecule has 1 aromatic heterocycles. The Bertz CT molecular complexity index is 1450. The predicted molar refractivity (Wildman–Crippen MR) is 152 cm³/mol. The van der Waals surface area contributed by atoms with Crippen LogP contribution in [0.1, 0.15) is 28.4 Å². The fourth-order valence-electron chi connectivity index (χ4n) is 3.43. The number of methoxy groups -OCH3 is 1. The summed E-state index contributed by atoms with van der Waals surface area (Å²) in [5, 5.41) is 10.1. The van der Waals surface area contributed by atoms with Crippen LogP contribution in [0.3, 0.4) is 0 Å². The van der Waals surface area contributed by atoms with Gasteiger partial charge in [-0.15, -0.1) is 11.3 Å². The van der Waals surface area contributed by atoms with Crippen LogP contribution in [-0.2, 0) is 9.53 Å². The molecule has 3 aromatic carbocycles. The number of amides is 1. The van der Waals surface area contributed by atoms with Crippen LogP contribution in [0, 0.1) is 6.92 Å². The van der Waals surface area contributed by atoms with Gasteiger partial charge in [-0.3, -0.25) is 4.79 Å². The minimum atomic E-state index is -0.495. The van der Waals surface area contributed by atoms with Crippen molar-refractivity contribution in [3.05, 3.63) is 88.8 Å². The number of aromatic nitrogens is 1. The number of hydrogen-bond donors (Lipinski definition) is 2. The molecule has 0 spiro atoms. The van der Waals surface area contributed by atoms with Gasteiger partial charge >= 0.3 is 5.97 Å². The molecule has 39 heavy (non-hydrogen) atoms. The van der Waals surface area contributed by atoms with Crippen molar-refractivity contribution in [2.45, 2.75) is 13.8 Å². The van der Waals surface area contributed by atoms with Gasteiger partial charge in [0.15, 0.2) is 23.2 Å². The molecule has 0 saturated heterocycles. The molecule has 0 unspecified atom stereocenters. The molecule has 4 rings (SSSR count). The Labute approximate surface area is 230 Å². The van der Waals surface area contributed by atoms with Crippen molar-refractivity contribution in [3.63, 3.8) is 0 Å². The van der Waals surface area contributed by atoms with E-state index >= 15 is 0 Å². The second kappa shape index (κ2) is 13.2. The van der Waals surface area contributed by atoms with Crippen LogP contribution < -0.4 is 20.2 Å². The number of aryl methyl sites for hydroxylation is 1. The van der Waals surface area contributed by atoms with Gasteiger partial charge in [-0.1, -0.05) is 29.8 Å². The molecule has 9 nitrogen and oxygen atoms in total. The highest BCUT2D eigenvalue weighted by atomic mass is 32.1. The molecule has 0 atom stereocenters. The Morgan fingerprint density at radius 2 is 1.77 bits per heavy atom. The summed E-state index contributed by atoms with van der Waals surface area (Å²) in [6, 6.07) is 20.4. The molecular weight excluding hydrogens is 516 g/mol. The summed E-state index contributed by atoms with van der Waals surface area (Å²) in [6.45, 7) is 4.07. The van der Waals surface area contributed by atoms with Gasteiger partial charge in [0.2, 0.25) is 0 Å². The molecule has 0 fully saturated rings. The molecule has 4 aromatic rings. The topological polar surface area (TPSA) is 111 Å². The first-order valence-corrected chi connectivity index (χ1v) is 13.0. The van der Waals surface area contributed by atoms with E-state index in [1.165, 1.54) is 30.2 Å². The Balaban J connectivity index is 1.34. The zero-order valence-corrected chi connectivity index (χ0v) is 22.6. The first-order valence-electron chi connectivity index (χ1n) is 12.1. The Hall–Kier alpha value is -4.70. The van der Waals surface area contributed by atoms with Crippen molar-refractivity contribution in [2.24, 2.45) is 5.10 Å². The van der Waals surface area contributed by atoms with Crippen LogP contribution >= 0.6 is 11.3 Å². The van der Waals surface area contributed by atoms with Crippen LogP contribution in [-0.4, -0.2) is 43.4 Å². The number of hydrazone groups is 1. The minimum Gasteiger partial charge on any atom is -0.490 e. The fraction of sp³-hybridized carbons (Fsp3) is 0.172. The van der Waals surface area contributed by atoms with Crippen LogP contribution in [0.5, 0.6) is 11.5 Å². The lowest BCUT2D eigenvalue weighted by atomic mass is 10.1. The van der Waals surface area contributed by atoms with E-state index in [9.17, 15) is 9.59 Å². The highest BCUT2D eigenvalue weighted by molar-refractivity contribution is 7.14. The van der Waals surface area contributed by atoms with Crippen LogP contribution in [0.25, 0.3) is 11.3 Å².